The van der Waals surface area contributed by atoms with Gasteiger partial charge < -0.3 is 15.0 Å². The number of pyridine rings is 1. The van der Waals surface area contributed by atoms with Crippen molar-refractivity contribution >= 4 is 15.9 Å². The summed E-state index contributed by atoms with van der Waals surface area (Å²) in [5.41, 5.74) is 5.96. The molecule has 1 fully saturated rings. The Morgan fingerprint density at radius 2 is 2.11 bits per heavy atom. The highest BCUT2D eigenvalue weighted by atomic mass is 79.9. The minimum atomic E-state index is -0.0656. The van der Waals surface area contributed by atoms with Gasteiger partial charge in [0, 0.05) is 24.8 Å². The minimum absolute atomic E-state index is 0.0623. The van der Waals surface area contributed by atoms with E-state index in [4.69, 9.17) is 10.5 Å². The standard InChI is InChI=1S/C13H19BrN2O2/c1-13(15)5-3-9(4-6-13)18-11-7-12(17)16(2)8-10(11)14/h7-9H,3-6,15H2,1-2H3. The van der Waals surface area contributed by atoms with Gasteiger partial charge in [0.2, 0.25) is 0 Å². The number of nitrogens with two attached hydrogens (primary N) is 1. The molecule has 0 radical (unpaired) electrons. The summed E-state index contributed by atoms with van der Waals surface area (Å²) in [6.07, 6.45) is 5.68. The van der Waals surface area contributed by atoms with E-state index >= 15 is 0 Å². The van der Waals surface area contributed by atoms with Crippen LogP contribution in [-0.4, -0.2) is 16.2 Å². The zero-order chi connectivity index (χ0) is 13.3. The molecule has 1 aliphatic rings. The van der Waals surface area contributed by atoms with Gasteiger partial charge in [-0.15, -0.1) is 0 Å². The van der Waals surface area contributed by atoms with E-state index in [1.54, 1.807) is 13.2 Å². The van der Waals surface area contributed by atoms with Gasteiger partial charge in [-0.05, 0) is 48.5 Å². The van der Waals surface area contributed by atoms with Gasteiger partial charge in [-0.3, -0.25) is 4.79 Å². The number of aryl methyl sites for hydroxylation is 1. The number of nitrogens with zero attached hydrogens (tertiary/aromatic N) is 1. The molecule has 4 nitrogen and oxygen atoms in total. The first-order valence-electron chi connectivity index (χ1n) is 6.19. The van der Waals surface area contributed by atoms with E-state index in [-0.39, 0.29) is 17.2 Å². The summed E-state index contributed by atoms with van der Waals surface area (Å²) in [4.78, 5) is 11.6. The van der Waals surface area contributed by atoms with Crippen molar-refractivity contribution in [1.29, 1.82) is 0 Å². The van der Waals surface area contributed by atoms with Crippen molar-refractivity contribution < 1.29 is 4.74 Å². The topological polar surface area (TPSA) is 57.2 Å². The molecule has 0 aromatic carbocycles. The minimum Gasteiger partial charge on any atom is -0.489 e. The first kappa shape index (κ1) is 13.6. The summed E-state index contributed by atoms with van der Waals surface area (Å²) in [6, 6.07) is 1.53. The lowest BCUT2D eigenvalue weighted by molar-refractivity contribution is 0.123. The molecule has 0 bridgehead atoms. The van der Waals surface area contributed by atoms with Crippen LogP contribution in [0.25, 0.3) is 0 Å². The molecule has 1 aromatic rings. The molecule has 0 atom stereocenters. The molecular weight excluding hydrogens is 296 g/mol. The number of aromatic nitrogens is 1. The molecular formula is C13H19BrN2O2. The molecule has 0 unspecified atom stereocenters. The average molecular weight is 315 g/mol. The van der Waals surface area contributed by atoms with Crippen LogP contribution >= 0.6 is 15.9 Å². The van der Waals surface area contributed by atoms with E-state index < -0.39 is 0 Å². The van der Waals surface area contributed by atoms with Crippen LogP contribution in [0.4, 0.5) is 0 Å². The maximum absolute atomic E-state index is 11.6. The van der Waals surface area contributed by atoms with Gasteiger partial charge in [-0.1, -0.05) is 0 Å². The van der Waals surface area contributed by atoms with Crippen LogP contribution in [0.1, 0.15) is 32.6 Å². The summed E-state index contributed by atoms with van der Waals surface area (Å²) in [5, 5.41) is 0. The molecule has 2 rings (SSSR count). The van der Waals surface area contributed by atoms with Crippen molar-refractivity contribution in [2.45, 2.75) is 44.2 Å². The highest BCUT2D eigenvalue weighted by Crippen LogP contribution is 2.31. The highest BCUT2D eigenvalue weighted by molar-refractivity contribution is 9.10. The van der Waals surface area contributed by atoms with Gasteiger partial charge in [-0.25, -0.2) is 0 Å². The zero-order valence-electron chi connectivity index (χ0n) is 10.8. The monoisotopic (exact) mass is 314 g/mol. The van der Waals surface area contributed by atoms with E-state index in [9.17, 15) is 4.79 Å². The molecule has 2 N–H and O–H groups in total. The summed E-state index contributed by atoms with van der Waals surface area (Å²) >= 11 is 3.42. The molecule has 0 saturated heterocycles. The summed E-state index contributed by atoms with van der Waals surface area (Å²) in [5.74, 6) is 0.628. The summed E-state index contributed by atoms with van der Waals surface area (Å²) < 4.78 is 8.23. The Kier molecular flexibility index (Phi) is 3.82. The summed E-state index contributed by atoms with van der Waals surface area (Å²) in [6.45, 7) is 2.08. The van der Waals surface area contributed by atoms with Crippen molar-refractivity contribution in [2.24, 2.45) is 12.8 Å². The van der Waals surface area contributed by atoms with Gasteiger partial charge in [0.25, 0.3) is 5.56 Å². The van der Waals surface area contributed by atoms with Crippen molar-refractivity contribution in [3.05, 3.63) is 27.1 Å². The lowest BCUT2D eigenvalue weighted by Gasteiger charge is -2.34. The maximum Gasteiger partial charge on any atom is 0.254 e. The van der Waals surface area contributed by atoms with Crippen molar-refractivity contribution in [1.82, 2.24) is 4.57 Å². The Bertz CT molecular complexity index is 486. The molecule has 0 spiro atoms. The maximum atomic E-state index is 11.6. The lowest BCUT2D eigenvalue weighted by atomic mass is 9.83. The van der Waals surface area contributed by atoms with Crippen LogP contribution in [0.2, 0.25) is 0 Å². The van der Waals surface area contributed by atoms with E-state index in [1.807, 2.05) is 0 Å². The van der Waals surface area contributed by atoms with Gasteiger partial charge in [0.15, 0.2) is 0 Å². The second-order valence-corrected chi connectivity index (χ2v) is 6.26. The molecule has 0 amide bonds. The Hall–Kier alpha value is -0.810. The fraction of sp³-hybridized carbons (Fsp3) is 0.615. The fourth-order valence-electron chi connectivity index (χ4n) is 2.22. The normalized spacial score (nSPS) is 28.1. The second kappa shape index (κ2) is 5.05. The van der Waals surface area contributed by atoms with Crippen LogP contribution in [-0.2, 0) is 7.05 Å². The number of halogens is 1. The number of ether oxygens (including phenoxy) is 1. The van der Waals surface area contributed by atoms with Crippen molar-refractivity contribution in [3.8, 4) is 5.75 Å². The van der Waals surface area contributed by atoms with E-state index in [0.29, 0.717) is 5.75 Å². The molecule has 1 aromatic heterocycles. The molecule has 0 aliphatic heterocycles. The molecule has 1 saturated carbocycles. The van der Waals surface area contributed by atoms with Crippen molar-refractivity contribution in [2.75, 3.05) is 0 Å². The van der Waals surface area contributed by atoms with Crippen LogP contribution in [0, 0.1) is 0 Å². The van der Waals surface area contributed by atoms with Gasteiger partial charge in [0.1, 0.15) is 5.75 Å². The van der Waals surface area contributed by atoms with Gasteiger partial charge >= 0.3 is 0 Å². The van der Waals surface area contributed by atoms with E-state index in [0.717, 1.165) is 30.2 Å². The third-order valence-corrected chi connectivity index (χ3v) is 4.11. The Morgan fingerprint density at radius 1 is 1.50 bits per heavy atom. The van der Waals surface area contributed by atoms with Crippen LogP contribution in [0.5, 0.6) is 5.75 Å². The van der Waals surface area contributed by atoms with Crippen molar-refractivity contribution in [3.63, 3.8) is 0 Å². The molecule has 5 heteroatoms. The third kappa shape index (κ3) is 3.14. The fourth-order valence-corrected chi connectivity index (χ4v) is 2.73. The molecule has 1 aliphatic carbocycles. The summed E-state index contributed by atoms with van der Waals surface area (Å²) in [7, 11) is 1.72. The van der Waals surface area contributed by atoms with Crippen LogP contribution in [0.15, 0.2) is 21.5 Å². The average Bonchev–Trinajstić information content (AvgIpc) is 2.28. The Morgan fingerprint density at radius 3 is 2.72 bits per heavy atom. The largest absolute Gasteiger partial charge is 0.489 e. The lowest BCUT2D eigenvalue weighted by Crippen LogP contribution is -2.42. The number of rotatable bonds is 2. The number of hydrogen-bond acceptors (Lipinski definition) is 3. The quantitative estimate of drug-likeness (QED) is 0.910. The second-order valence-electron chi connectivity index (χ2n) is 5.41. The zero-order valence-corrected chi connectivity index (χ0v) is 12.4. The molecule has 18 heavy (non-hydrogen) atoms. The van der Waals surface area contributed by atoms with Gasteiger partial charge in [-0.2, -0.15) is 0 Å². The molecule has 100 valence electrons. The SMILES string of the molecule is Cn1cc(Br)c(OC2CCC(C)(N)CC2)cc1=O. The highest BCUT2D eigenvalue weighted by Gasteiger charge is 2.28. The van der Waals surface area contributed by atoms with Crippen LogP contribution < -0.4 is 16.0 Å². The first-order chi connectivity index (χ1) is 8.37. The van der Waals surface area contributed by atoms with E-state index in [1.165, 1.54) is 10.6 Å². The smallest absolute Gasteiger partial charge is 0.254 e. The number of hydrogen-bond donors (Lipinski definition) is 1. The van der Waals surface area contributed by atoms with Crippen LogP contribution in [0.3, 0.4) is 0 Å². The predicted molar refractivity (Wildman–Crippen MR) is 74.9 cm³/mol. The Labute approximate surface area is 115 Å². The van der Waals surface area contributed by atoms with Gasteiger partial charge in [0.05, 0.1) is 10.6 Å². The first-order valence-corrected chi connectivity index (χ1v) is 6.98. The van der Waals surface area contributed by atoms with E-state index in [2.05, 4.69) is 22.9 Å². The predicted octanol–water partition coefficient (Wildman–Crippen LogP) is 2.19. The Balaban J connectivity index is 2.07. The molecule has 1 heterocycles. The third-order valence-electron chi connectivity index (χ3n) is 3.51.